The van der Waals surface area contributed by atoms with Gasteiger partial charge >= 0.3 is 5.97 Å². The molecular weight excluding hydrogens is 312 g/mol. The molecule has 0 saturated carbocycles. The summed E-state index contributed by atoms with van der Waals surface area (Å²) in [4.78, 5) is 27.2. The maximum Gasteiger partial charge on any atom is 0.337 e. The summed E-state index contributed by atoms with van der Waals surface area (Å²) >= 11 is 7.15. The molecule has 108 valence electrons. The molecule has 0 bridgehead atoms. The second kappa shape index (κ2) is 7.10. The molecule has 0 saturated heterocycles. The van der Waals surface area contributed by atoms with E-state index in [2.05, 4.69) is 10.3 Å². The van der Waals surface area contributed by atoms with E-state index in [1.54, 1.807) is 12.1 Å². The van der Waals surface area contributed by atoms with Gasteiger partial charge in [0.25, 0.3) is 0 Å². The zero-order valence-corrected chi connectivity index (χ0v) is 12.3. The van der Waals surface area contributed by atoms with Gasteiger partial charge in [0.15, 0.2) is 0 Å². The average Bonchev–Trinajstić information content (AvgIpc) is 2.47. The number of carboxylic acid groups (broad SMARTS) is 1. The SMILES string of the molecule is O=C(CSc1ccc(Cl)cc1)Nc1ccc(C(=O)O)cn1. The summed E-state index contributed by atoms with van der Waals surface area (Å²) in [7, 11) is 0. The van der Waals surface area contributed by atoms with Crippen LogP contribution in [-0.4, -0.2) is 27.7 Å². The summed E-state index contributed by atoms with van der Waals surface area (Å²) in [5.41, 5.74) is 0.0727. The van der Waals surface area contributed by atoms with Gasteiger partial charge in [-0.1, -0.05) is 11.6 Å². The number of rotatable bonds is 5. The number of pyridine rings is 1. The molecule has 0 spiro atoms. The Bertz CT molecular complexity index is 644. The number of amides is 1. The van der Waals surface area contributed by atoms with Crippen LogP contribution in [-0.2, 0) is 4.79 Å². The van der Waals surface area contributed by atoms with Gasteiger partial charge in [0.05, 0.1) is 11.3 Å². The van der Waals surface area contributed by atoms with Crippen molar-refractivity contribution in [2.45, 2.75) is 4.90 Å². The van der Waals surface area contributed by atoms with Crippen LogP contribution in [0.5, 0.6) is 0 Å². The summed E-state index contributed by atoms with van der Waals surface area (Å²) in [5, 5.41) is 12.0. The molecule has 1 aromatic heterocycles. The molecule has 0 unspecified atom stereocenters. The standard InChI is InChI=1S/C14H11ClN2O3S/c15-10-2-4-11(5-3-10)21-8-13(18)17-12-6-1-9(7-16-12)14(19)20/h1-7H,8H2,(H,19,20)(H,16,17,18). The number of aromatic nitrogens is 1. The van der Waals surface area contributed by atoms with Crippen LogP contribution in [0.2, 0.25) is 5.02 Å². The fraction of sp³-hybridized carbons (Fsp3) is 0.0714. The molecule has 0 aliphatic rings. The number of hydrogen-bond acceptors (Lipinski definition) is 4. The van der Waals surface area contributed by atoms with Crippen molar-refractivity contribution in [3.8, 4) is 0 Å². The first kappa shape index (κ1) is 15.3. The van der Waals surface area contributed by atoms with E-state index >= 15 is 0 Å². The van der Waals surface area contributed by atoms with E-state index in [1.807, 2.05) is 12.1 Å². The first-order chi connectivity index (χ1) is 10.0. The molecule has 0 fully saturated rings. The number of anilines is 1. The van der Waals surface area contributed by atoms with Crippen LogP contribution in [0, 0.1) is 0 Å². The van der Waals surface area contributed by atoms with E-state index in [4.69, 9.17) is 16.7 Å². The van der Waals surface area contributed by atoms with Gasteiger partial charge in [0, 0.05) is 16.1 Å². The zero-order chi connectivity index (χ0) is 15.2. The highest BCUT2D eigenvalue weighted by molar-refractivity contribution is 8.00. The number of thioether (sulfide) groups is 1. The Balaban J connectivity index is 1.86. The van der Waals surface area contributed by atoms with Crippen molar-refractivity contribution in [3.63, 3.8) is 0 Å². The summed E-state index contributed by atoms with van der Waals surface area (Å²) in [6, 6.07) is 10.0. The van der Waals surface area contributed by atoms with E-state index in [0.717, 1.165) is 4.90 Å². The smallest absolute Gasteiger partial charge is 0.337 e. The van der Waals surface area contributed by atoms with Gasteiger partial charge in [-0.05, 0) is 36.4 Å². The van der Waals surface area contributed by atoms with Gasteiger partial charge in [-0.15, -0.1) is 11.8 Å². The second-order valence-corrected chi connectivity index (χ2v) is 5.51. The summed E-state index contributed by atoms with van der Waals surface area (Å²) < 4.78 is 0. The van der Waals surface area contributed by atoms with Gasteiger partial charge in [0.2, 0.25) is 5.91 Å². The predicted octanol–water partition coefficient (Wildman–Crippen LogP) is 3.16. The molecule has 1 heterocycles. The number of carbonyl (C=O) groups is 2. The predicted molar refractivity (Wildman–Crippen MR) is 82.0 cm³/mol. The molecule has 7 heteroatoms. The Labute approximate surface area is 130 Å². The monoisotopic (exact) mass is 322 g/mol. The van der Waals surface area contributed by atoms with E-state index < -0.39 is 5.97 Å². The quantitative estimate of drug-likeness (QED) is 0.827. The normalized spacial score (nSPS) is 10.1. The molecule has 2 N–H and O–H groups in total. The maximum absolute atomic E-state index is 11.8. The molecule has 0 radical (unpaired) electrons. The highest BCUT2D eigenvalue weighted by Gasteiger charge is 2.06. The van der Waals surface area contributed by atoms with Crippen molar-refractivity contribution in [2.24, 2.45) is 0 Å². The van der Waals surface area contributed by atoms with Crippen LogP contribution in [0.15, 0.2) is 47.5 Å². The highest BCUT2D eigenvalue weighted by Crippen LogP contribution is 2.20. The van der Waals surface area contributed by atoms with Gasteiger partial charge < -0.3 is 10.4 Å². The average molecular weight is 323 g/mol. The minimum absolute atomic E-state index is 0.0727. The van der Waals surface area contributed by atoms with E-state index in [-0.39, 0.29) is 17.2 Å². The van der Waals surface area contributed by atoms with E-state index in [9.17, 15) is 9.59 Å². The molecule has 0 aliphatic carbocycles. The minimum Gasteiger partial charge on any atom is -0.478 e. The molecule has 1 amide bonds. The lowest BCUT2D eigenvalue weighted by Crippen LogP contribution is -2.15. The Morgan fingerprint density at radius 3 is 2.48 bits per heavy atom. The number of halogens is 1. The van der Waals surface area contributed by atoms with Crippen LogP contribution in [0.25, 0.3) is 0 Å². The lowest BCUT2D eigenvalue weighted by atomic mass is 10.3. The van der Waals surface area contributed by atoms with Crippen molar-refractivity contribution >= 4 is 41.1 Å². The van der Waals surface area contributed by atoms with Crippen molar-refractivity contribution in [3.05, 3.63) is 53.2 Å². The van der Waals surface area contributed by atoms with Gasteiger partial charge in [-0.25, -0.2) is 9.78 Å². The number of carboxylic acids is 1. The Hall–Kier alpha value is -2.05. The Kier molecular flexibility index (Phi) is 5.19. The lowest BCUT2D eigenvalue weighted by Gasteiger charge is -2.05. The number of nitrogens with one attached hydrogen (secondary N) is 1. The fourth-order valence-corrected chi connectivity index (χ4v) is 2.28. The highest BCUT2D eigenvalue weighted by atomic mass is 35.5. The molecule has 0 aliphatic heterocycles. The lowest BCUT2D eigenvalue weighted by molar-refractivity contribution is -0.113. The van der Waals surface area contributed by atoms with Crippen molar-refractivity contribution < 1.29 is 14.7 Å². The Morgan fingerprint density at radius 1 is 1.19 bits per heavy atom. The third-order valence-corrected chi connectivity index (χ3v) is 3.73. The van der Waals surface area contributed by atoms with Crippen LogP contribution in [0.4, 0.5) is 5.82 Å². The molecule has 1 aromatic carbocycles. The molecule has 5 nitrogen and oxygen atoms in total. The van der Waals surface area contributed by atoms with Crippen LogP contribution < -0.4 is 5.32 Å². The molecule has 2 aromatic rings. The molecule has 21 heavy (non-hydrogen) atoms. The second-order valence-electron chi connectivity index (χ2n) is 4.03. The van der Waals surface area contributed by atoms with Crippen molar-refractivity contribution in [2.75, 3.05) is 11.1 Å². The van der Waals surface area contributed by atoms with Crippen molar-refractivity contribution in [1.29, 1.82) is 0 Å². The number of hydrogen-bond donors (Lipinski definition) is 2. The minimum atomic E-state index is -1.06. The van der Waals surface area contributed by atoms with Gasteiger partial charge in [-0.2, -0.15) is 0 Å². The van der Waals surface area contributed by atoms with Gasteiger partial charge in [-0.3, -0.25) is 4.79 Å². The van der Waals surface area contributed by atoms with E-state index in [0.29, 0.717) is 10.8 Å². The topological polar surface area (TPSA) is 79.3 Å². The first-order valence-electron chi connectivity index (χ1n) is 5.92. The number of nitrogens with zero attached hydrogens (tertiary/aromatic N) is 1. The third-order valence-electron chi connectivity index (χ3n) is 2.46. The summed E-state index contributed by atoms with van der Waals surface area (Å²) in [6.45, 7) is 0. The van der Waals surface area contributed by atoms with E-state index in [1.165, 1.54) is 30.1 Å². The number of benzene rings is 1. The summed E-state index contributed by atoms with van der Waals surface area (Å²) in [6.07, 6.45) is 1.20. The first-order valence-corrected chi connectivity index (χ1v) is 7.28. The zero-order valence-electron chi connectivity index (χ0n) is 10.7. The van der Waals surface area contributed by atoms with Crippen LogP contribution in [0.1, 0.15) is 10.4 Å². The molecular formula is C14H11ClN2O3S. The van der Waals surface area contributed by atoms with Crippen LogP contribution in [0.3, 0.4) is 0 Å². The summed E-state index contributed by atoms with van der Waals surface area (Å²) in [5.74, 6) is -0.727. The maximum atomic E-state index is 11.8. The number of carbonyl (C=O) groups excluding carboxylic acids is 1. The largest absolute Gasteiger partial charge is 0.478 e. The van der Waals surface area contributed by atoms with Crippen LogP contribution >= 0.6 is 23.4 Å². The number of aromatic carboxylic acids is 1. The fourth-order valence-electron chi connectivity index (χ4n) is 1.45. The van der Waals surface area contributed by atoms with Crippen molar-refractivity contribution in [1.82, 2.24) is 4.98 Å². The Morgan fingerprint density at radius 2 is 1.90 bits per heavy atom. The van der Waals surface area contributed by atoms with Gasteiger partial charge in [0.1, 0.15) is 5.82 Å². The molecule has 2 rings (SSSR count). The molecule has 0 atom stereocenters. The third kappa shape index (κ3) is 4.77.